The van der Waals surface area contributed by atoms with Crippen LogP contribution in [-0.4, -0.2) is 173 Å². The Hall–Kier alpha value is -4.36. The molecule has 326 valence electrons. The quantitative estimate of drug-likeness (QED) is 0.0385. The first-order valence-electron chi connectivity index (χ1n) is 18.7. The van der Waals surface area contributed by atoms with E-state index in [0.29, 0.717) is 19.3 Å². The summed E-state index contributed by atoms with van der Waals surface area (Å²) in [6.45, 7) is -0.686. The molecule has 22 nitrogen and oxygen atoms in total. The second kappa shape index (κ2) is 24.5. The molecule has 11 atom stereocenters. The predicted octanol–water partition coefficient (Wildman–Crippen LogP) is -5.07. The van der Waals surface area contributed by atoms with Crippen LogP contribution in [0.15, 0.2) is 30.3 Å². The lowest BCUT2D eigenvalue weighted by atomic mass is 9.97. The molecule has 0 radical (unpaired) electrons. The summed E-state index contributed by atoms with van der Waals surface area (Å²) in [6, 6.07) is 5.15. The Balaban J connectivity index is 1.51. The van der Waals surface area contributed by atoms with Crippen LogP contribution >= 0.6 is 0 Å². The van der Waals surface area contributed by atoms with E-state index in [9.17, 15) is 59.4 Å². The monoisotopic (exact) mass is 829 g/mol. The maximum Gasteiger partial charge on any atom is 0.325 e. The first-order chi connectivity index (χ1) is 27.6. The number of nitrogens with one attached hydrogen (secondary N) is 5. The molecule has 22 heteroatoms. The number of aliphatic hydroxyl groups is 6. The number of hydrogen-bond donors (Lipinski definition) is 11. The molecule has 0 aliphatic carbocycles. The molecule has 0 bridgehead atoms. The number of carbonyl (C=O) groups is 6. The summed E-state index contributed by atoms with van der Waals surface area (Å²) in [6.07, 6.45) is -10.3. The summed E-state index contributed by atoms with van der Waals surface area (Å²) in [4.78, 5) is 74.4. The first kappa shape index (κ1) is 48.0. The van der Waals surface area contributed by atoms with Gasteiger partial charge in [0, 0.05) is 20.4 Å². The normalized spacial score (nSPS) is 27.4. The fraction of sp³-hybridized carbons (Fsp3) is 0.667. The molecule has 10 unspecified atom stereocenters. The zero-order chi connectivity index (χ0) is 42.8. The second-order valence-electron chi connectivity index (χ2n) is 13.7. The maximum atomic E-state index is 13.2. The van der Waals surface area contributed by atoms with Crippen molar-refractivity contribution in [2.45, 2.75) is 113 Å². The summed E-state index contributed by atoms with van der Waals surface area (Å²) in [5.74, 6) is -4.00. The van der Waals surface area contributed by atoms with Gasteiger partial charge in [0.25, 0.3) is 0 Å². The van der Waals surface area contributed by atoms with Gasteiger partial charge in [0.1, 0.15) is 81.1 Å². The standard InChI is InChI=1S/C36H55N5O17/c1-19(44)39-28-32(51)30(49)23(14-42)57-35(28)55-17-25(46)37-12-8-4-7-11-22(34(53)38-13-27(48)54-16-21-9-5-3-6-10-21)41-26(47)18-56-36-29(40-20(2)45)33(52)31(50)24(15-43)58-36/h3,5-6,9-10,22-24,28-33,35-36,42-43,49-52H,4,7-8,11-18H2,1-2H3,(H,37,46)(H,38,53)(H,39,44)(H,40,45)(H,41,47)/t22-,23?,24?,28?,29?,30?,31?,32?,33?,35?,36?/m0/s1. The molecule has 2 heterocycles. The molecule has 2 fully saturated rings. The van der Waals surface area contributed by atoms with E-state index >= 15 is 0 Å². The smallest absolute Gasteiger partial charge is 0.325 e. The van der Waals surface area contributed by atoms with E-state index in [1.54, 1.807) is 30.3 Å². The number of hydrogen-bond acceptors (Lipinski definition) is 17. The van der Waals surface area contributed by atoms with Crippen LogP contribution in [0, 0.1) is 0 Å². The Labute approximate surface area is 333 Å². The van der Waals surface area contributed by atoms with Gasteiger partial charge in [-0.25, -0.2) is 0 Å². The molecule has 0 spiro atoms. The Morgan fingerprint density at radius 3 is 1.76 bits per heavy atom. The molecule has 2 aliphatic heterocycles. The number of rotatable bonds is 22. The van der Waals surface area contributed by atoms with Gasteiger partial charge in [-0.15, -0.1) is 0 Å². The minimum atomic E-state index is -1.61. The zero-order valence-electron chi connectivity index (χ0n) is 32.2. The van der Waals surface area contributed by atoms with Crippen LogP contribution in [0.4, 0.5) is 0 Å². The molecule has 2 aliphatic rings. The van der Waals surface area contributed by atoms with Crippen LogP contribution in [-0.2, 0) is 59.1 Å². The van der Waals surface area contributed by atoms with E-state index in [0.717, 1.165) is 12.5 Å². The maximum absolute atomic E-state index is 13.2. The summed E-state index contributed by atoms with van der Waals surface area (Å²) in [7, 11) is 0. The zero-order valence-corrected chi connectivity index (χ0v) is 32.2. The Morgan fingerprint density at radius 1 is 0.707 bits per heavy atom. The number of benzene rings is 1. The molecule has 1 aromatic carbocycles. The summed E-state index contributed by atoms with van der Waals surface area (Å²) < 4.78 is 27.0. The minimum absolute atomic E-state index is 0.0231. The molecule has 3 rings (SSSR count). The van der Waals surface area contributed by atoms with Crippen LogP contribution < -0.4 is 26.6 Å². The number of aliphatic hydroxyl groups excluding tert-OH is 6. The molecule has 11 N–H and O–H groups in total. The molecule has 2 saturated heterocycles. The Kier molecular flexibility index (Phi) is 20.3. The van der Waals surface area contributed by atoms with Gasteiger partial charge in [-0.3, -0.25) is 28.8 Å². The lowest BCUT2D eigenvalue weighted by Crippen LogP contribution is -2.64. The first-order valence-corrected chi connectivity index (χ1v) is 18.7. The van der Waals surface area contributed by atoms with Gasteiger partial charge in [-0.2, -0.15) is 0 Å². The van der Waals surface area contributed by atoms with Crippen molar-refractivity contribution in [3.8, 4) is 0 Å². The Bertz CT molecular complexity index is 1490. The van der Waals surface area contributed by atoms with Crippen LogP contribution in [0.3, 0.4) is 0 Å². The van der Waals surface area contributed by atoms with Crippen molar-refractivity contribution in [1.29, 1.82) is 0 Å². The van der Waals surface area contributed by atoms with Gasteiger partial charge < -0.3 is 80.9 Å². The Morgan fingerprint density at radius 2 is 1.24 bits per heavy atom. The van der Waals surface area contributed by atoms with Gasteiger partial charge in [0.2, 0.25) is 29.5 Å². The van der Waals surface area contributed by atoms with E-state index in [1.165, 1.54) is 6.92 Å². The highest BCUT2D eigenvalue weighted by Crippen LogP contribution is 2.23. The largest absolute Gasteiger partial charge is 0.460 e. The van der Waals surface area contributed by atoms with Crippen molar-refractivity contribution >= 4 is 35.5 Å². The van der Waals surface area contributed by atoms with Gasteiger partial charge in [0.05, 0.1) is 13.2 Å². The molecule has 5 amide bonds. The molecule has 1 aromatic rings. The van der Waals surface area contributed by atoms with Crippen LogP contribution in [0.25, 0.3) is 0 Å². The number of amides is 5. The van der Waals surface area contributed by atoms with Crippen molar-refractivity contribution in [3.63, 3.8) is 0 Å². The van der Waals surface area contributed by atoms with Crippen molar-refractivity contribution in [2.75, 3.05) is 39.5 Å². The summed E-state index contributed by atoms with van der Waals surface area (Å²) in [5.41, 5.74) is 0.733. The number of ether oxygens (including phenoxy) is 5. The lowest BCUT2D eigenvalue weighted by molar-refractivity contribution is -0.268. The molecular formula is C36H55N5O17. The average molecular weight is 830 g/mol. The van der Waals surface area contributed by atoms with Gasteiger partial charge in [-0.05, 0) is 18.4 Å². The number of esters is 1. The van der Waals surface area contributed by atoms with Crippen LogP contribution in [0.1, 0.15) is 45.1 Å². The highest BCUT2D eigenvalue weighted by atomic mass is 16.7. The van der Waals surface area contributed by atoms with E-state index in [-0.39, 0.29) is 19.6 Å². The van der Waals surface area contributed by atoms with Crippen molar-refractivity contribution < 1.29 is 83.1 Å². The SMILES string of the molecule is CC(=O)NC1C(OCC(=O)NCCCCC[C@H](NC(=O)COC2OC(CO)C(O)C(O)C2NC(C)=O)C(=O)NCC(=O)OCc2ccccc2)OC(CO)C(O)C1O. The van der Waals surface area contributed by atoms with E-state index in [4.69, 9.17) is 23.7 Å². The third-order valence-electron chi connectivity index (χ3n) is 9.05. The van der Waals surface area contributed by atoms with Crippen molar-refractivity contribution in [1.82, 2.24) is 26.6 Å². The van der Waals surface area contributed by atoms with E-state index in [2.05, 4.69) is 26.6 Å². The van der Waals surface area contributed by atoms with E-state index in [1.807, 2.05) is 0 Å². The number of carbonyl (C=O) groups excluding carboxylic acids is 6. The molecule has 58 heavy (non-hydrogen) atoms. The number of unbranched alkanes of at least 4 members (excludes halogenated alkanes) is 2. The van der Waals surface area contributed by atoms with Crippen molar-refractivity contribution in [2.24, 2.45) is 0 Å². The molecule has 0 saturated carbocycles. The minimum Gasteiger partial charge on any atom is -0.460 e. The molecular weight excluding hydrogens is 774 g/mol. The fourth-order valence-electron chi connectivity index (χ4n) is 6.05. The lowest BCUT2D eigenvalue weighted by Gasteiger charge is -2.42. The predicted molar refractivity (Wildman–Crippen MR) is 195 cm³/mol. The van der Waals surface area contributed by atoms with Crippen molar-refractivity contribution in [3.05, 3.63) is 35.9 Å². The third kappa shape index (κ3) is 15.4. The third-order valence-corrected chi connectivity index (χ3v) is 9.05. The van der Waals surface area contributed by atoms with Gasteiger partial charge in [-0.1, -0.05) is 43.2 Å². The topological polar surface area (TPSA) is 330 Å². The second-order valence-corrected chi connectivity index (χ2v) is 13.7. The van der Waals surface area contributed by atoms with Gasteiger partial charge >= 0.3 is 5.97 Å². The summed E-state index contributed by atoms with van der Waals surface area (Å²) in [5, 5.41) is 72.6. The highest BCUT2D eigenvalue weighted by molar-refractivity contribution is 5.90. The molecule has 0 aromatic heterocycles. The summed E-state index contributed by atoms with van der Waals surface area (Å²) >= 11 is 0. The van der Waals surface area contributed by atoms with Crippen LogP contribution in [0.2, 0.25) is 0 Å². The van der Waals surface area contributed by atoms with Gasteiger partial charge in [0.15, 0.2) is 12.6 Å². The van der Waals surface area contributed by atoms with E-state index < -0.39 is 136 Å². The highest BCUT2D eigenvalue weighted by Gasteiger charge is 2.46. The van der Waals surface area contributed by atoms with Crippen LogP contribution in [0.5, 0.6) is 0 Å². The fourth-order valence-corrected chi connectivity index (χ4v) is 6.05. The average Bonchev–Trinajstić information content (AvgIpc) is 3.19.